The van der Waals surface area contributed by atoms with E-state index in [1.165, 1.54) is 0 Å². The molecule has 2 aromatic carbocycles. The Morgan fingerprint density at radius 1 is 1.10 bits per heavy atom. The van der Waals surface area contributed by atoms with Crippen molar-refractivity contribution in [2.75, 3.05) is 13.7 Å². The Kier molecular flexibility index (Phi) is 5.12. The van der Waals surface area contributed by atoms with E-state index in [1.807, 2.05) is 56.3 Å². The summed E-state index contributed by atoms with van der Waals surface area (Å²) in [4.78, 5) is 12.3. The van der Waals surface area contributed by atoms with Gasteiger partial charge in [-0.2, -0.15) is 0 Å². The van der Waals surface area contributed by atoms with Gasteiger partial charge in [-0.25, -0.2) is 0 Å². The van der Waals surface area contributed by atoms with Gasteiger partial charge in [0, 0.05) is 12.7 Å². The molecule has 0 spiro atoms. The minimum absolute atomic E-state index is 0.00616. The van der Waals surface area contributed by atoms with Crippen LogP contribution in [0, 0.1) is 13.8 Å². The van der Waals surface area contributed by atoms with E-state index in [4.69, 9.17) is 9.47 Å². The van der Waals surface area contributed by atoms with Gasteiger partial charge < -0.3 is 9.47 Å². The molecule has 0 bridgehead atoms. The number of methoxy groups -OCH3 is 1. The molecule has 3 heteroatoms. The zero-order chi connectivity index (χ0) is 15.2. The summed E-state index contributed by atoms with van der Waals surface area (Å²) in [6, 6.07) is 13.5. The summed E-state index contributed by atoms with van der Waals surface area (Å²) in [6.45, 7) is 4.49. The second-order valence-corrected chi connectivity index (χ2v) is 5.11. The van der Waals surface area contributed by atoms with Gasteiger partial charge in [-0.3, -0.25) is 4.79 Å². The molecule has 0 aromatic heterocycles. The third kappa shape index (κ3) is 4.17. The van der Waals surface area contributed by atoms with Crippen molar-refractivity contribution in [2.24, 2.45) is 0 Å². The molecule has 0 saturated carbocycles. The van der Waals surface area contributed by atoms with Crippen molar-refractivity contribution in [1.29, 1.82) is 0 Å². The summed E-state index contributed by atoms with van der Waals surface area (Å²) in [5.41, 5.74) is 3.80. The van der Waals surface area contributed by atoms with Crippen LogP contribution >= 0.6 is 0 Å². The average Bonchev–Trinajstić information content (AvgIpc) is 2.48. The van der Waals surface area contributed by atoms with Crippen LogP contribution in [0.15, 0.2) is 42.5 Å². The second-order valence-electron chi connectivity index (χ2n) is 5.11. The van der Waals surface area contributed by atoms with Crippen molar-refractivity contribution >= 4 is 5.78 Å². The standard InChI is InChI=1S/C18H20O3/c1-13-7-8-14(2)17(9-13)18(19)12-21-16-6-4-5-15(10-16)11-20-3/h4-10H,11-12H2,1-3H3. The Hall–Kier alpha value is -2.13. The van der Waals surface area contributed by atoms with E-state index >= 15 is 0 Å². The van der Waals surface area contributed by atoms with Gasteiger partial charge in [0.15, 0.2) is 12.4 Å². The lowest BCUT2D eigenvalue weighted by atomic mass is 10.0. The second kappa shape index (κ2) is 7.04. The molecule has 0 radical (unpaired) electrons. The molecule has 2 aromatic rings. The van der Waals surface area contributed by atoms with Crippen LogP contribution in [-0.2, 0) is 11.3 Å². The van der Waals surface area contributed by atoms with E-state index in [1.54, 1.807) is 7.11 Å². The Bertz CT molecular complexity index is 632. The topological polar surface area (TPSA) is 35.5 Å². The number of Topliss-reactive ketones (excluding diaryl/α,β-unsaturated/α-hetero) is 1. The van der Waals surface area contributed by atoms with Gasteiger partial charge in [-0.05, 0) is 43.2 Å². The number of hydrogen-bond acceptors (Lipinski definition) is 3. The smallest absolute Gasteiger partial charge is 0.200 e. The predicted molar refractivity (Wildman–Crippen MR) is 82.9 cm³/mol. The van der Waals surface area contributed by atoms with Crippen LogP contribution in [0.4, 0.5) is 0 Å². The van der Waals surface area contributed by atoms with Crippen LogP contribution in [0.5, 0.6) is 5.75 Å². The van der Waals surface area contributed by atoms with Gasteiger partial charge in [0.25, 0.3) is 0 Å². The summed E-state index contributed by atoms with van der Waals surface area (Å²) < 4.78 is 10.7. The maximum Gasteiger partial charge on any atom is 0.200 e. The lowest BCUT2D eigenvalue weighted by molar-refractivity contribution is 0.0920. The highest BCUT2D eigenvalue weighted by Crippen LogP contribution is 2.16. The molecule has 21 heavy (non-hydrogen) atoms. The molecule has 0 aliphatic heterocycles. The number of rotatable bonds is 6. The van der Waals surface area contributed by atoms with Crippen LogP contribution in [-0.4, -0.2) is 19.5 Å². The number of ketones is 1. The fourth-order valence-electron chi connectivity index (χ4n) is 2.15. The van der Waals surface area contributed by atoms with Gasteiger partial charge in [-0.15, -0.1) is 0 Å². The summed E-state index contributed by atoms with van der Waals surface area (Å²) in [5, 5.41) is 0. The van der Waals surface area contributed by atoms with Crippen LogP contribution in [0.25, 0.3) is 0 Å². The molecular formula is C18H20O3. The van der Waals surface area contributed by atoms with Crippen LogP contribution in [0.3, 0.4) is 0 Å². The average molecular weight is 284 g/mol. The predicted octanol–water partition coefficient (Wildman–Crippen LogP) is 3.71. The first-order valence-corrected chi connectivity index (χ1v) is 6.91. The summed E-state index contributed by atoms with van der Waals surface area (Å²) in [7, 11) is 1.65. The first-order chi connectivity index (χ1) is 10.1. The van der Waals surface area contributed by atoms with Crippen molar-refractivity contribution < 1.29 is 14.3 Å². The Balaban J connectivity index is 2.04. The van der Waals surface area contributed by atoms with Gasteiger partial charge >= 0.3 is 0 Å². The third-order valence-corrected chi connectivity index (χ3v) is 3.27. The van der Waals surface area contributed by atoms with Gasteiger partial charge in [0.1, 0.15) is 5.75 Å². The number of aryl methyl sites for hydroxylation is 2. The lowest BCUT2D eigenvalue weighted by Gasteiger charge is -2.09. The van der Waals surface area contributed by atoms with Crippen molar-refractivity contribution in [1.82, 2.24) is 0 Å². The molecule has 0 heterocycles. The van der Waals surface area contributed by atoms with E-state index in [-0.39, 0.29) is 12.4 Å². The molecular weight excluding hydrogens is 264 g/mol. The molecule has 3 nitrogen and oxygen atoms in total. The van der Waals surface area contributed by atoms with E-state index in [0.29, 0.717) is 12.4 Å². The van der Waals surface area contributed by atoms with Crippen molar-refractivity contribution in [3.05, 3.63) is 64.7 Å². The highest BCUT2D eigenvalue weighted by Gasteiger charge is 2.10. The van der Waals surface area contributed by atoms with Crippen molar-refractivity contribution in [2.45, 2.75) is 20.5 Å². The van der Waals surface area contributed by atoms with E-state index < -0.39 is 0 Å². The Labute approximate surface area is 125 Å². The zero-order valence-corrected chi connectivity index (χ0v) is 12.7. The fraction of sp³-hybridized carbons (Fsp3) is 0.278. The highest BCUT2D eigenvalue weighted by molar-refractivity contribution is 5.98. The number of ether oxygens (including phenoxy) is 2. The van der Waals surface area contributed by atoms with E-state index in [9.17, 15) is 4.79 Å². The monoisotopic (exact) mass is 284 g/mol. The molecule has 0 unspecified atom stereocenters. The van der Waals surface area contributed by atoms with Crippen molar-refractivity contribution in [3.8, 4) is 5.75 Å². The number of carbonyl (C=O) groups excluding carboxylic acids is 1. The van der Waals surface area contributed by atoms with Crippen molar-refractivity contribution in [3.63, 3.8) is 0 Å². The molecule has 0 N–H and O–H groups in total. The lowest BCUT2D eigenvalue weighted by Crippen LogP contribution is -2.13. The fourth-order valence-corrected chi connectivity index (χ4v) is 2.15. The Morgan fingerprint density at radius 2 is 1.90 bits per heavy atom. The molecule has 0 aliphatic carbocycles. The molecule has 0 fully saturated rings. The number of benzene rings is 2. The molecule has 2 rings (SSSR count). The zero-order valence-electron chi connectivity index (χ0n) is 12.7. The number of hydrogen-bond donors (Lipinski definition) is 0. The molecule has 0 aliphatic rings. The number of carbonyl (C=O) groups is 1. The van der Waals surface area contributed by atoms with Gasteiger partial charge in [-0.1, -0.05) is 29.8 Å². The van der Waals surface area contributed by atoms with Gasteiger partial charge in [0.05, 0.1) is 6.61 Å². The van der Waals surface area contributed by atoms with E-state index in [0.717, 1.165) is 22.3 Å². The normalized spacial score (nSPS) is 10.4. The minimum Gasteiger partial charge on any atom is -0.485 e. The van der Waals surface area contributed by atoms with E-state index in [2.05, 4.69) is 0 Å². The van der Waals surface area contributed by atoms with Crippen LogP contribution < -0.4 is 4.74 Å². The first kappa shape index (κ1) is 15.3. The summed E-state index contributed by atoms with van der Waals surface area (Å²) in [6.07, 6.45) is 0. The molecule has 0 saturated heterocycles. The Morgan fingerprint density at radius 3 is 2.67 bits per heavy atom. The van der Waals surface area contributed by atoms with Crippen LogP contribution in [0.1, 0.15) is 27.0 Å². The summed E-state index contributed by atoms with van der Waals surface area (Å²) in [5.74, 6) is 0.677. The quantitative estimate of drug-likeness (QED) is 0.759. The third-order valence-electron chi connectivity index (χ3n) is 3.27. The molecule has 110 valence electrons. The molecule has 0 atom stereocenters. The molecule has 0 amide bonds. The first-order valence-electron chi connectivity index (χ1n) is 6.91. The van der Waals surface area contributed by atoms with Gasteiger partial charge in [0.2, 0.25) is 0 Å². The van der Waals surface area contributed by atoms with Crippen LogP contribution in [0.2, 0.25) is 0 Å². The maximum atomic E-state index is 12.3. The largest absolute Gasteiger partial charge is 0.485 e. The highest BCUT2D eigenvalue weighted by atomic mass is 16.5. The SMILES string of the molecule is COCc1cccc(OCC(=O)c2cc(C)ccc2C)c1. The minimum atomic E-state index is -0.00616. The summed E-state index contributed by atoms with van der Waals surface area (Å²) >= 11 is 0. The maximum absolute atomic E-state index is 12.3.